The van der Waals surface area contributed by atoms with Gasteiger partial charge in [0.1, 0.15) is 18.3 Å². The standard InChI is InChI=1S/C30H35Cl2N3O5S/c1-6-40-25-16-14-24(15-17-25)35(41(38,39)26-10-8-7-9-11-26)20-28(36)34(21(2)29(37)33-30(3,4)5)19-22-12-13-23(31)18-27(22)32/h7-18,21H,6,19-20H2,1-5H3,(H,33,37)/t21-/m1/s1. The Balaban J connectivity index is 2.05. The fourth-order valence-electron chi connectivity index (χ4n) is 4.01. The maximum absolute atomic E-state index is 14.0. The molecule has 0 aliphatic heterocycles. The number of ether oxygens (including phenoxy) is 1. The Morgan fingerprint density at radius 3 is 2.17 bits per heavy atom. The lowest BCUT2D eigenvalue weighted by molar-refractivity contribution is -0.140. The number of hydrogen-bond acceptors (Lipinski definition) is 5. The van der Waals surface area contributed by atoms with Crippen LogP contribution in [-0.2, 0) is 26.2 Å². The third-order valence-electron chi connectivity index (χ3n) is 6.07. The summed E-state index contributed by atoms with van der Waals surface area (Å²) in [6.07, 6.45) is 0. The number of hydrogen-bond donors (Lipinski definition) is 1. The average molecular weight is 621 g/mol. The number of sulfonamides is 1. The summed E-state index contributed by atoms with van der Waals surface area (Å²) in [5.74, 6) is -0.429. The molecule has 41 heavy (non-hydrogen) atoms. The van der Waals surface area contributed by atoms with Crippen LogP contribution in [0.1, 0.15) is 40.2 Å². The number of rotatable bonds is 11. The van der Waals surface area contributed by atoms with Crippen LogP contribution in [0.5, 0.6) is 5.75 Å². The Morgan fingerprint density at radius 2 is 1.61 bits per heavy atom. The van der Waals surface area contributed by atoms with Gasteiger partial charge in [0.2, 0.25) is 11.8 Å². The predicted molar refractivity (Wildman–Crippen MR) is 163 cm³/mol. The van der Waals surface area contributed by atoms with Crippen LogP contribution in [0, 0.1) is 0 Å². The zero-order valence-electron chi connectivity index (χ0n) is 23.7. The molecule has 0 aliphatic carbocycles. The maximum Gasteiger partial charge on any atom is 0.264 e. The molecule has 11 heteroatoms. The van der Waals surface area contributed by atoms with E-state index in [1.165, 1.54) is 17.0 Å². The highest BCUT2D eigenvalue weighted by Gasteiger charge is 2.33. The first-order valence-electron chi connectivity index (χ1n) is 13.1. The van der Waals surface area contributed by atoms with Gasteiger partial charge in [0, 0.05) is 22.1 Å². The van der Waals surface area contributed by atoms with Crippen molar-refractivity contribution in [2.75, 3.05) is 17.5 Å². The minimum Gasteiger partial charge on any atom is -0.494 e. The molecule has 3 rings (SSSR count). The highest BCUT2D eigenvalue weighted by Crippen LogP contribution is 2.28. The van der Waals surface area contributed by atoms with E-state index in [1.54, 1.807) is 67.6 Å². The number of halogens is 2. The molecule has 2 amide bonds. The summed E-state index contributed by atoms with van der Waals surface area (Å²) in [5.41, 5.74) is 0.267. The molecule has 0 radical (unpaired) electrons. The van der Waals surface area contributed by atoms with Gasteiger partial charge in [0.05, 0.1) is 17.2 Å². The van der Waals surface area contributed by atoms with E-state index in [-0.39, 0.29) is 17.1 Å². The summed E-state index contributed by atoms with van der Waals surface area (Å²) >= 11 is 12.5. The summed E-state index contributed by atoms with van der Waals surface area (Å²) in [7, 11) is -4.17. The third kappa shape index (κ3) is 8.61. The number of amides is 2. The second-order valence-electron chi connectivity index (χ2n) is 10.4. The molecule has 1 atom stereocenters. The molecule has 0 spiro atoms. The van der Waals surface area contributed by atoms with E-state index in [0.29, 0.717) is 28.0 Å². The molecular weight excluding hydrogens is 585 g/mol. The molecule has 0 fully saturated rings. The molecule has 0 aliphatic rings. The second kappa shape index (κ2) is 13.6. The van der Waals surface area contributed by atoms with E-state index in [2.05, 4.69) is 5.32 Å². The van der Waals surface area contributed by atoms with E-state index in [4.69, 9.17) is 27.9 Å². The van der Waals surface area contributed by atoms with Crippen molar-refractivity contribution in [2.24, 2.45) is 0 Å². The molecule has 220 valence electrons. The minimum absolute atomic E-state index is 0.0208. The quantitative estimate of drug-likeness (QED) is 0.287. The Labute approximate surface area is 252 Å². The van der Waals surface area contributed by atoms with Crippen LogP contribution in [0.2, 0.25) is 10.0 Å². The highest BCUT2D eigenvalue weighted by molar-refractivity contribution is 7.92. The molecule has 0 unspecified atom stereocenters. The van der Waals surface area contributed by atoms with Gasteiger partial charge in [-0.05, 0) is 88.7 Å². The van der Waals surface area contributed by atoms with Gasteiger partial charge in [0.25, 0.3) is 10.0 Å². The number of nitrogens with zero attached hydrogens (tertiary/aromatic N) is 2. The fraction of sp³-hybridized carbons (Fsp3) is 0.333. The monoisotopic (exact) mass is 619 g/mol. The summed E-state index contributed by atoms with van der Waals surface area (Å²) in [5, 5.41) is 3.63. The summed E-state index contributed by atoms with van der Waals surface area (Å²) in [6.45, 7) is 8.77. The van der Waals surface area contributed by atoms with Crippen LogP contribution >= 0.6 is 23.2 Å². The van der Waals surface area contributed by atoms with Gasteiger partial charge in [-0.25, -0.2) is 8.42 Å². The maximum atomic E-state index is 14.0. The SMILES string of the molecule is CCOc1ccc(N(CC(=O)N(Cc2ccc(Cl)cc2Cl)[C@H](C)C(=O)NC(C)(C)C)S(=O)(=O)c2ccccc2)cc1. The fourth-order valence-corrected chi connectivity index (χ4v) is 5.92. The molecule has 0 heterocycles. The van der Waals surface area contributed by atoms with Crippen molar-refractivity contribution in [3.63, 3.8) is 0 Å². The van der Waals surface area contributed by atoms with Gasteiger partial charge >= 0.3 is 0 Å². The van der Waals surface area contributed by atoms with E-state index in [9.17, 15) is 18.0 Å². The Hall–Kier alpha value is -3.27. The molecule has 0 bridgehead atoms. The topological polar surface area (TPSA) is 96.0 Å². The Kier molecular flexibility index (Phi) is 10.7. The lowest BCUT2D eigenvalue weighted by atomic mass is 10.1. The first-order valence-corrected chi connectivity index (χ1v) is 15.3. The number of benzene rings is 3. The van der Waals surface area contributed by atoms with Crippen LogP contribution in [0.3, 0.4) is 0 Å². The smallest absolute Gasteiger partial charge is 0.264 e. The largest absolute Gasteiger partial charge is 0.494 e. The van der Waals surface area contributed by atoms with Crippen molar-refractivity contribution >= 4 is 50.7 Å². The van der Waals surface area contributed by atoms with Crippen molar-refractivity contribution in [2.45, 2.75) is 57.6 Å². The van der Waals surface area contributed by atoms with Crippen molar-refractivity contribution in [3.8, 4) is 5.75 Å². The highest BCUT2D eigenvalue weighted by atomic mass is 35.5. The molecule has 0 saturated heterocycles. The lowest BCUT2D eigenvalue weighted by Gasteiger charge is -2.33. The summed E-state index contributed by atoms with van der Waals surface area (Å²) < 4.78 is 34.2. The minimum atomic E-state index is -4.17. The van der Waals surface area contributed by atoms with Gasteiger partial charge in [-0.3, -0.25) is 13.9 Å². The molecule has 0 saturated carbocycles. The second-order valence-corrected chi connectivity index (χ2v) is 13.1. The Bertz CT molecular complexity index is 1460. The predicted octanol–water partition coefficient (Wildman–Crippen LogP) is 5.92. The van der Waals surface area contributed by atoms with Crippen LogP contribution in [0.4, 0.5) is 5.69 Å². The number of nitrogens with one attached hydrogen (secondary N) is 1. The van der Waals surface area contributed by atoms with Crippen LogP contribution in [0.15, 0.2) is 77.7 Å². The van der Waals surface area contributed by atoms with E-state index >= 15 is 0 Å². The molecule has 8 nitrogen and oxygen atoms in total. The van der Waals surface area contributed by atoms with Gasteiger partial charge in [-0.15, -0.1) is 0 Å². The van der Waals surface area contributed by atoms with E-state index in [1.807, 2.05) is 27.7 Å². The van der Waals surface area contributed by atoms with Crippen molar-refractivity contribution in [3.05, 3.63) is 88.4 Å². The van der Waals surface area contributed by atoms with Gasteiger partial charge in [-0.1, -0.05) is 47.5 Å². The molecule has 3 aromatic carbocycles. The van der Waals surface area contributed by atoms with Crippen LogP contribution < -0.4 is 14.4 Å². The molecule has 0 aromatic heterocycles. The average Bonchev–Trinajstić information content (AvgIpc) is 2.91. The summed E-state index contributed by atoms with van der Waals surface area (Å²) in [6, 6.07) is 18.2. The van der Waals surface area contributed by atoms with Gasteiger partial charge in [-0.2, -0.15) is 0 Å². The number of anilines is 1. The normalized spacial score (nSPS) is 12.4. The van der Waals surface area contributed by atoms with Gasteiger partial charge < -0.3 is 15.0 Å². The van der Waals surface area contributed by atoms with Crippen molar-refractivity contribution < 1.29 is 22.7 Å². The van der Waals surface area contributed by atoms with E-state index in [0.717, 1.165) is 4.31 Å². The van der Waals surface area contributed by atoms with Crippen LogP contribution in [0.25, 0.3) is 0 Å². The van der Waals surface area contributed by atoms with Crippen LogP contribution in [-0.4, -0.2) is 49.9 Å². The summed E-state index contributed by atoms with van der Waals surface area (Å²) in [4.78, 5) is 28.6. The molecule has 3 aromatic rings. The Morgan fingerprint density at radius 1 is 0.976 bits per heavy atom. The first kappa shape index (κ1) is 32.2. The van der Waals surface area contributed by atoms with E-state index < -0.39 is 40.0 Å². The lowest BCUT2D eigenvalue weighted by Crippen LogP contribution is -2.54. The van der Waals surface area contributed by atoms with Gasteiger partial charge in [0.15, 0.2) is 0 Å². The van der Waals surface area contributed by atoms with Crippen molar-refractivity contribution in [1.29, 1.82) is 0 Å². The van der Waals surface area contributed by atoms with Crippen molar-refractivity contribution in [1.82, 2.24) is 10.2 Å². The zero-order chi connectivity index (χ0) is 30.4. The molecular formula is C30H35Cl2N3O5S. The number of carbonyl (C=O) groups excluding carboxylic acids is 2. The first-order chi connectivity index (χ1) is 19.2. The number of carbonyl (C=O) groups is 2. The molecule has 1 N–H and O–H groups in total. The third-order valence-corrected chi connectivity index (χ3v) is 8.44. The zero-order valence-corrected chi connectivity index (χ0v) is 26.1.